The smallest absolute Gasteiger partial charge is 0.0436 e. The van der Waals surface area contributed by atoms with Crippen molar-refractivity contribution in [1.29, 1.82) is 0 Å². The van der Waals surface area contributed by atoms with Crippen molar-refractivity contribution in [1.82, 2.24) is 0 Å². The van der Waals surface area contributed by atoms with Crippen LogP contribution in [0.5, 0.6) is 0 Å². The van der Waals surface area contributed by atoms with Crippen LogP contribution in [0.25, 0.3) is 0 Å². The van der Waals surface area contributed by atoms with Gasteiger partial charge < -0.3 is 15.3 Å². The van der Waals surface area contributed by atoms with E-state index in [0.29, 0.717) is 18.8 Å². The predicted octanol–water partition coefficient (Wildman–Crippen LogP) is 2.29. The summed E-state index contributed by atoms with van der Waals surface area (Å²) in [6.45, 7) is 2.68. The van der Waals surface area contributed by atoms with Crippen LogP contribution in [0.2, 0.25) is 0 Å². The van der Waals surface area contributed by atoms with Gasteiger partial charge in [0, 0.05) is 19.8 Å². The first kappa shape index (κ1) is 16.9. The van der Waals surface area contributed by atoms with Crippen LogP contribution in [0, 0.1) is 11.8 Å². The Morgan fingerprint density at radius 1 is 0.824 bits per heavy atom. The van der Waals surface area contributed by atoms with Crippen molar-refractivity contribution >= 4 is 0 Å². The van der Waals surface area contributed by atoms with E-state index in [2.05, 4.69) is 6.92 Å². The molecular weight excluding hydrogens is 216 g/mol. The minimum atomic E-state index is 0.145. The Hall–Kier alpha value is -0.120. The lowest BCUT2D eigenvalue weighted by atomic mass is 9.81. The Balaban J connectivity index is 4.04. The van der Waals surface area contributed by atoms with Gasteiger partial charge in [0.25, 0.3) is 0 Å². The molecule has 0 bridgehead atoms. The van der Waals surface area contributed by atoms with E-state index in [9.17, 15) is 0 Å². The van der Waals surface area contributed by atoms with Gasteiger partial charge in [-0.1, -0.05) is 32.6 Å². The van der Waals surface area contributed by atoms with Crippen LogP contribution in [-0.4, -0.2) is 35.1 Å². The lowest BCUT2D eigenvalue weighted by Gasteiger charge is -2.25. The SMILES string of the molecule is CCCCCCC(CCO)[C](CCO)CCO. The zero-order valence-corrected chi connectivity index (χ0v) is 11.2. The molecule has 0 fully saturated rings. The van der Waals surface area contributed by atoms with Crippen LogP contribution in [0.15, 0.2) is 0 Å². The fraction of sp³-hybridized carbons (Fsp3) is 0.929. The van der Waals surface area contributed by atoms with E-state index >= 15 is 0 Å². The van der Waals surface area contributed by atoms with Crippen LogP contribution in [0.3, 0.4) is 0 Å². The standard InChI is InChI=1S/C14H29O3/c1-2-3-4-5-6-13(7-10-15)14(8-11-16)9-12-17/h13,15-17H,2-12H2,1H3. The highest BCUT2D eigenvalue weighted by atomic mass is 16.3. The molecule has 0 aliphatic heterocycles. The Labute approximate surface area is 106 Å². The fourth-order valence-electron chi connectivity index (χ4n) is 2.35. The molecule has 0 aromatic carbocycles. The maximum absolute atomic E-state index is 9.09. The summed E-state index contributed by atoms with van der Waals surface area (Å²) in [4.78, 5) is 0. The van der Waals surface area contributed by atoms with Gasteiger partial charge in [0.2, 0.25) is 0 Å². The summed E-state index contributed by atoms with van der Waals surface area (Å²) in [6, 6.07) is 0. The molecule has 103 valence electrons. The summed E-state index contributed by atoms with van der Waals surface area (Å²) < 4.78 is 0. The molecule has 0 aromatic rings. The molecular formula is C14H29O3. The Kier molecular flexibility index (Phi) is 12.3. The summed E-state index contributed by atoms with van der Waals surface area (Å²) in [5.41, 5.74) is 0. The quantitative estimate of drug-likeness (QED) is 0.462. The average Bonchev–Trinajstić information content (AvgIpc) is 2.33. The molecule has 1 atom stereocenters. The van der Waals surface area contributed by atoms with Gasteiger partial charge in [0.15, 0.2) is 0 Å². The van der Waals surface area contributed by atoms with E-state index in [1.807, 2.05) is 0 Å². The van der Waals surface area contributed by atoms with E-state index in [0.717, 1.165) is 12.8 Å². The maximum atomic E-state index is 9.09. The third kappa shape index (κ3) is 8.58. The van der Waals surface area contributed by atoms with Crippen molar-refractivity contribution in [3.05, 3.63) is 5.92 Å². The first-order valence-electron chi connectivity index (χ1n) is 6.97. The topological polar surface area (TPSA) is 60.7 Å². The largest absolute Gasteiger partial charge is 0.396 e. The number of hydrogen-bond donors (Lipinski definition) is 3. The van der Waals surface area contributed by atoms with Crippen molar-refractivity contribution in [3.63, 3.8) is 0 Å². The van der Waals surface area contributed by atoms with Crippen LogP contribution in [0.1, 0.15) is 58.3 Å². The number of aliphatic hydroxyl groups excluding tert-OH is 3. The maximum Gasteiger partial charge on any atom is 0.0436 e. The van der Waals surface area contributed by atoms with Crippen molar-refractivity contribution < 1.29 is 15.3 Å². The summed E-state index contributed by atoms with van der Waals surface area (Å²) in [7, 11) is 0. The summed E-state index contributed by atoms with van der Waals surface area (Å²) in [5.74, 6) is 1.59. The molecule has 0 saturated heterocycles. The van der Waals surface area contributed by atoms with E-state index in [4.69, 9.17) is 15.3 Å². The number of rotatable bonds is 12. The lowest BCUT2D eigenvalue weighted by Crippen LogP contribution is -2.17. The van der Waals surface area contributed by atoms with Crippen LogP contribution < -0.4 is 0 Å². The van der Waals surface area contributed by atoms with Crippen LogP contribution in [-0.2, 0) is 0 Å². The molecule has 3 heteroatoms. The molecule has 0 heterocycles. The molecule has 1 unspecified atom stereocenters. The molecule has 3 nitrogen and oxygen atoms in total. The molecule has 0 saturated carbocycles. The van der Waals surface area contributed by atoms with Crippen molar-refractivity contribution in [2.24, 2.45) is 5.92 Å². The zero-order valence-electron chi connectivity index (χ0n) is 11.2. The third-order valence-corrected chi connectivity index (χ3v) is 3.33. The Bertz CT molecular complexity index is 144. The molecule has 0 aliphatic rings. The first-order chi connectivity index (χ1) is 8.29. The minimum Gasteiger partial charge on any atom is -0.396 e. The molecule has 0 aromatic heterocycles. The highest BCUT2D eigenvalue weighted by Crippen LogP contribution is 2.29. The van der Waals surface area contributed by atoms with Crippen molar-refractivity contribution in [3.8, 4) is 0 Å². The lowest BCUT2D eigenvalue weighted by molar-refractivity contribution is 0.217. The van der Waals surface area contributed by atoms with Gasteiger partial charge >= 0.3 is 0 Å². The Morgan fingerprint density at radius 2 is 1.47 bits per heavy atom. The van der Waals surface area contributed by atoms with Crippen LogP contribution in [0.4, 0.5) is 0 Å². The molecule has 3 N–H and O–H groups in total. The normalized spacial score (nSPS) is 13.2. The zero-order chi connectivity index (χ0) is 12.9. The molecule has 0 spiro atoms. The Morgan fingerprint density at radius 3 is 1.94 bits per heavy atom. The second kappa shape index (κ2) is 12.3. The van der Waals surface area contributed by atoms with Crippen molar-refractivity contribution in [2.75, 3.05) is 19.8 Å². The number of unbranched alkanes of at least 4 members (excludes halogenated alkanes) is 3. The monoisotopic (exact) mass is 245 g/mol. The van der Waals surface area contributed by atoms with Gasteiger partial charge in [-0.25, -0.2) is 0 Å². The van der Waals surface area contributed by atoms with E-state index in [1.165, 1.54) is 31.6 Å². The van der Waals surface area contributed by atoms with Gasteiger partial charge in [-0.05, 0) is 37.5 Å². The second-order valence-corrected chi connectivity index (χ2v) is 4.66. The number of hydrogen-bond acceptors (Lipinski definition) is 3. The van der Waals surface area contributed by atoms with Gasteiger partial charge in [-0.2, -0.15) is 0 Å². The highest BCUT2D eigenvalue weighted by molar-refractivity contribution is 4.96. The summed E-state index contributed by atoms with van der Waals surface area (Å²) >= 11 is 0. The molecule has 0 aliphatic carbocycles. The first-order valence-corrected chi connectivity index (χ1v) is 6.97. The van der Waals surface area contributed by atoms with Gasteiger partial charge in [-0.3, -0.25) is 0 Å². The minimum absolute atomic E-state index is 0.145. The molecule has 0 rings (SSSR count). The fourth-order valence-corrected chi connectivity index (χ4v) is 2.35. The van der Waals surface area contributed by atoms with Crippen LogP contribution >= 0.6 is 0 Å². The molecule has 17 heavy (non-hydrogen) atoms. The van der Waals surface area contributed by atoms with E-state index in [1.54, 1.807) is 0 Å². The molecule has 1 radical (unpaired) electrons. The van der Waals surface area contributed by atoms with Gasteiger partial charge in [0.05, 0.1) is 0 Å². The summed E-state index contributed by atoms with van der Waals surface area (Å²) in [6.07, 6.45) is 8.09. The predicted molar refractivity (Wildman–Crippen MR) is 70.6 cm³/mol. The van der Waals surface area contributed by atoms with E-state index < -0.39 is 0 Å². The third-order valence-electron chi connectivity index (χ3n) is 3.33. The number of aliphatic hydroxyl groups is 3. The average molecular weight is 245 g/mol. The summed E-state index contributed by atoms with van der Waals surface area (Å²) in [5, 5.41) is 27.1. The highest BCUT2D eigenvalue weighted by Gasteiger charge is 2.20. The van der Waals surface area contributed by atoms with Gasteiger partial charge in [0.1, 0.15) is 0 Å². The second-order valence-electron chi connectivity index (χ2n) is 4.66. The van der Waals surface area contributed by atoms with Crippen molar-refractivity contribution in [2.45, 2.75) is 58.3 Å². The van der Waals surface area contributed by atoms with Gasteiger partial charge in [-0.15, -0.1) is 0 Å². The molecule has 0 amide bonds. The van der Waals surface area contributed by atoms with E-state index in [-0.39, 0.29) is 19.8 Å².